The number of anilines is 1. The van der Waals surface area contributed by atoms with Crippen LogP contribution in [0.25, 0.3) is 10.9 Å². The summed E-state index contributed by atoms with van der Waals surface area (Å²) in [4.78, 5) is 27.7. The van der Waals surface area contributed by atoms with Crippen LogP contribution >= 0.6 is 0 Å². The number of aryl methyl sites for hydroxylation is 1. The molecule has 0 bridgehead atoms. The Hall–Kier alpha value is -3.95. The SMILES string of the molecule is Cc1c(C(=O)Nc2cc(C3CCCCN3C(=O)Cn3ccc4c(F)cccc43)[nH]n2)cnn1C. The van der Waals surface area contributed by atoms with E-state index in [1.807, 2.05) is 17.9 Å². The van der Waals surface area contributed by atoms with Crippen molar-refractivity contribution in [2.45, 2.75) is 38.8 Å². The molecule has 3 aromatic heterocycles. The fourth-order valence-electron chi connectivity index (χ4n) is 4.59. The zero-order chi connectivity index (χ0) is 23.8. The second-order valence-electron chi connectivity index (χ2n) is 8.64. The van der Waals surface area contributed by atoms with Crippen LogP contribution in [-0.4, -0.2) is 47.8 Å². The van der Waals surface area contributed by atoms with Gasteiger partial charge in [-0.15, -0.1) is 0 Å². The number of aromatic amines is 1. The van der Waals surface area contributed by atoms with Crippen molar-refractivity contribution in [1.29, 1.82) is 0 Å². The third-order valence-electron chi connectivity index (χ3n) is 6.57. The Labute approximate surface area is 195 Å². The maximum Gasteiger partial charge on any atom is 0.260 e. The Kier molecular flexibility index (Phi) is 5.64. The molecule has 9 nitrogen and oxygen atoms in total. The number of halogens is 1. The maximum absolute atomic E-state index is 14.0. The van der Waals surface area contributed by atoms with Crippen LogP contribution in [0.1, 0.15) is 47.1 Å². The van der Waals surface area contributed by atoms with Crippen molar-refractivity contribution in [3.63, 3.8) is 0 Å². The van der Waals surface area contributed by atoms with Gasteiger partial charge in [-0.3, -0.25) is 19.4 Å². The number of amides is 2. The van der Waals surface area contributed by atoms with Crippen LogP contribution in [0.2, 0.25) is 0 Å². The van der Waals surface area contributed by atoms with Gasteiger partial charge in [0, 0.05) is 36.9 Å². The van der Waals surface area contributed by atoms with Gasteiger partial charge < -0.3 is 14.8 Å². The Bertz CT molecular complexity index is 1370. The van der Waals surface area contributed by atoms with Crippen molar-refractivity contribution < 1.29 is 14.0 Å². The number of nitrogens with one attached hydrogen (secondary N) is 2. The molecule has 176 valence electrons. The average molecular weight is 464 g/mol. The molecule has 5 rings (SSSR count). The quantitative estimate of drug-likeness (QED) is 0.473. The molecular formula is C24H26FN7O2. The summed E-state index contributed by atoms with van der Waals surface area (Å²) in [7, 11) is 1.78. The van der Waals surface area contributed by atoms with Gasteiger partial charge >= 0.3 is 0 Å². The van der Waals surface area contributed by atoms with E-state index in [1.165, 1.54) is 12.3 Å². The minimum atomic E-state index is -0.298. The van der Waals surface area contributed by atoms with Crippen LogP contribution in [0, 0.1) is 12.7 Å². The molecule has 1 aliphatic heterocycles. The van der Waals surface area contributed by atoms with Crippen molar-refractivity contribution in [2.24, 2.45) is 7.05 Å². The van der Waals surface area contributed by atoms with E-state index in [0.29, 0.717) is 28.8 Å². The van der Waals surface area contributed by atoms with Crippen LogP contribution in [-0.2, 0) is 18.4 Å². The molecular weight excluding hydrogens is 437 g/mol. The molecule has 0 aliphatic carbocycles. The topological polar surface area (TPSA) is 101 Å². The fraction of sp³-hybridized carbons (Fsp3) is 0.333. The molecule has 4 aromatic rings. The number of hydrogen-bond donors (Lipinski definition) is 2. The average Bonchev–Trinajstić information content (AvgIpc) is 3.54. The van der Waals surface area contributed by atoms with Gasteiger partial charge in [0.1, 0.15) is 12.4 Å². The van der Waals surface area contributed by atoms with E-state index in [0.717, 1.165) is 30.7 Å². The Balaban J connectivity index is 1.32. The standard InChI is InChI=1S/C24H26FN7O2/c1-15-17(13-26-30(15)2)24(34)27-22-12-19(28-29-22)21-7-3-4-10-32(21)23(33)14-31-11-9-16-18(25)6-5-8-20(16)31/h5-6,8-9,11-13,21H,3-4,7,10,14H2,1-2H3,(H2,27,28,29,34). The Morgan fingerprint density at radius 3 is 2.91 bits per heavy atom. The second kappa shape index (κ2) is 8.77. The first-order chi connectivity index (χ1) is 16.4. The van der Waals surface area contributed by atoms with Crippen molar-refractivity contribution in [3.8, 4) is 0 Å². The molecule has 1 atom stereocenters. The molecule has 0 spiro atoms. The van der Waals surface area contributed by atoms with Crippen LogP contribution < -0.4 is 5.32 Å². The summed E-state index contributed by atoms with van der Waals surface area (Å²) in [6.45, 7) is 2.58. The van der Waals surface area contributed by atoms with Crippen LogP contribution in [0.5, 0.6) is 0 Å². The maximum atomic E-state index is 14.0. The lowest BCUT2D eigenvalue weighted by Crippen LogP contribution is -2.40. The van der Waals surface area contributed by atoms with Crippen molar-refractivity contribution in [1.82, 2.24) is 29.4 Å². The van der Waals surface area contributed by atoms with Gasteiger partial charge in [0.05, 0.1) is 29.0 Å². The number of carbonyl (C=O) groups is 2. The molecule has 1 fully saturated rings. The van der Waals surface area contributed by atoms with E-state index in [2.05, 4.69) is 20.6 Å². The van der Waals surface area contributed by atoms with Crippen LogP contribution in [0.15, 0.2) is 42.7 Å². The summed E-state index contributed by atoms with van der Waals surface area (Å²) in [6.07, 6.45) is 5.97. The molecule has 0 radical (unpaired) electrons. The lowest BCUT2D eigenvalue weighted by atomic mass is 9.99. The molecule has 0 saturated carbocycles. The van der Waals surface area contributed by atoms with Crippen molar-refractivity contribution >= 4 is 28.5 Å². The van der Waals surface area contributed by atoms with Crippen LogP contribution in [0.4, 0.5) is 10.2 Å². The minimum absolute atomic E-state index is 0.0439. The number of rotatable bonds is 5. The number of nitrogens with zero attached hydrogens (tertiary/aromatic N) is 5. The summed E-state index contributed by atoms with van der Waals surface area (Å²) in [5, 5.41) is 14.6. The molecule has 1 aromatic carbocycles. The Morgan fingerprint density at radius 1 is 1.26 bits per heavy atom. The van der Waals surface area contributed by atoms with Gasteiger partial charge in [0.15, 0.2) is 5.82 Å². The summed E-state index contributed by atoms with van der Waals surface area (Å²) in [5.74, 6) is -0.231. The van der Waals surface area contributed by atoms with E-state index in [4.69, 9.17) is 0 Å². The number of hydrogen-bond acceptors (Lipinski definition) is 4. The van der Waals surface area contributed by atoms with Gasteiger partial charge in [0.2, 0.25) is 5.91 Å². The molecule has 4 heterocycles. The molecule has 1 saturated heterocycles. The molecule has 1 unspecified atom stereocenters. The number of piperidine rings is 1. The van der Waals surface area contributed by atoms with Gasteiger partial charge in [-0.05, 0) is 44.4 Å². The predicted octanol–water partition coefficient (Wildman–Crippen LogP) is 3.55. The molecule has 2 amide bonds. The number of benzene rings is 1. The zero-order valence-corrected chi connectivity index (χ0v) is 19.1. The summed E-state index contributed by atoms with van der Waals surface area (Å²) in [6, 6.07) is 8.18. The van der Waals surface area contributed by atoms with E-state index in [1.54, 1.807) is 40.7 Å². The van der Waals surface area contributed by atoms with Gasteiger partial charge in [-0.1, -0.05) is 6.07 Å². The Morgan fingerprint density at radius 2 is 2.12 bits per heavy atom. The molecule has 2 N–H and O–H groups in total. The fourth-order valence-corrected chi connectivity index (χ4v) is 4.59. The van der Waals surface area contributed by atoms with E-state index in [-0.39, 0.29) is 30.2 Å². The van der Waals surface area contributed by atoms with E-state index in [9.17, 15) is 14.0 Å². The monoisotopic (exact) mass is 463 g/mol. The lowest BCUT2D eigenvalue weighted by Gasteiger charge is -2.35. The number of carbonyl (C=O) groups excluding carboxylic acids is 2. The first-order valence-electron chi connectivity index (χ1n) is 11.3. The number of likely N-dealkylation sites (tertiary alicyclic amines) is 1. The normalized spacial score (nSPS) is 16.2. The molecule has 1 aliphatic rings. The lowest BCUT2D eigenvalue weighted by molar-refractivity contribution is -0.135. The highest BCUT2D eigenvalue weighted by Gasteiger charge is 2.30. The van der Waals surface area contributed by atoms with E-state index < -0.39 is 0 Å². The van der Waals surface area contributed by atoms with Crippen molar-refractivity contribution in [3.05, 3.63) is 65.5 Å². The summed E-state index contributed by atoms with van der Waals surface area (Å²) in [5.41, 5.74) is 2.71. The van der Waals surface area contributed by atoms with Crippen LogP contribution in [0.3, 0.4) is 0 Å². The molecule has 10 heteroatoms. The highest BCUT2D eigenvalue weighted by atomic mass is 19.1. The number of fused-ring (bicyclic) bond motifs is 1. The van der Waals surface area contributed by atoms with Gasteiger partial charge in [-0.25, -0.2) is 4.39 Å². The molecule has 34 heavy (non-hydrogen) atoms. The first kappa shape index (κ1) is 21.9. The predicted molar refractivity (Wildman–Crippen MR) is 125 cm³/mol. The largest absolute Gasteiger partial charge is 0.338 e. The third kappa shape index (κ3) is 3.95. The third-order valence-corrected chi connectivity index (χ3v) is 6.57. The number of H-pyrrole nitrogens is 1. The minimum Gasteiger partial charge on any atom is -0.338 e. The van der Waals surface area contributed by atoms with Crippen molar-refractivity contribution in [2.75, 3.05) is 11.9 Å². The summed E-state index contributed by atoms with van der Waals surface area (Å²) < 4.78 is 17.5. The highest BCUT2D eigenvalue weighted by molar-refractivity contribution is 6.04. The van der Waals surface area contributed by atoms with Gasteiger partial charge in [0.25, 0.3) is 5.91 Å². The van der Waals surface area contributed by atoms with Gasteiger partial charge in [-0.2, -0.15) is 10.2 Å². The zero-order valence-electron chi connectivity index (χ0n) is 19.1. The van der Waals surface area contributed by atoms with E-state index >= 15 is 0 Å². The second-order valence-corrected chi connectivity index (χ2v) is 8.64. The number of aromatic nitrogens is 5. The summed E-state index contributed by atoms with van der Waals surface area (Å²) >= 11 is 0. The smallest absolute Gasteiger partial charge is 0.260 e. The highest BCUT2D eigenvalue weighted by Crippen LogP contribution is 2.31. The first-order valence-corrected chi connectivity index (χ1v) is 11.3.